The maximum absolute atomic E-state index is 11.7. The average molecular weight is 316 g/mol. The fraction of sp³-hybridized carbons (Fsp3) is 0.385. The highest BCUT2D eigenvalue weighted by atomic mass is 35.5. The highest BCUT2D eigenvalue weighted by Crippen LogP contribution is 2.23. The minimum atomic E-state index is -0.0480. The molecule has 0 aromatic carbocycles. The molecule has 0 saturated carbocycles. The van der Waals surface area contributed by atoms with Gasteiger partial charge in [-0.1, -0.05) is 6.92 Å². The first-order chi connectivity index (χ1) is 9.20. The number of furan rings is 1. The lowest BCUT2D eigenvalue weighted by Gasteiger charge is -2.10. The van der Waals surface area contributed by atoms with Gasteiger partial charge in [0.05, 0.1) is 18.5 Å². The Morgan fingerprint density at radius 2 is 2.35 bits per heavy atom. The SMILES string of the molecule is CNCC(C)C(=O)NCc1csc(-c2ccco2)n1.Cl. The molecular formula is C13H18ClN3O2S. The lowest BCUT2D eigenvalue weighted by Crippen LogP contribution is -2.33. The van der Waals surface area contributed by atoms with Gasteiger partial charge in [-0.15, -0.1) is 23.7 Å². The molecule has 2 heterocycles. The molecule has 0 spiro atoms. The van der Waals surface area contributed by atoms with Gasteiger partial charge in [-0.25, -0.2) is 4.98 Å². The van der Waals surface area contributed by atoms with Crippen LogP contribution in [-0.2, 0) is 11.3 Å². The number of nitrogens with zero attached hydrogens (tertiary/aromatic N) is 1. The van der Waals surface area contributed by atoms with Gasteiger partial charge in [-0.2, -0.15) is 0 Å². The van der Waals surface area contributed by atoms with Crippen LogP contribution in [0, 0.1) is 5.92 Å². The summed E-state index contributed by atoms with van der Waals surface area (Å²) in [6.45, 7) is 3.01. The molecule has 110 valence electrons. The van der Waals surface area contributed by atoms with Crippen LogP contribution in [-0.4, -0.2) is 24.5 Å². The number of carbonyl (C=O) groups excluding carboxylic acids is 1. The van der Waals surface area contributed by atoms with Crippen LogP contribution in [0.3, 0.4) is 0 Å². The monoisotopic (exact) mass is 315 g/mol. The van der Waals surface area contributed by atoms with Crippen LogP contribution in [0.4, 0.5) is 0 Å². The Morgan fingerprint density at radius 1 is 1.55 bits per heavy atom. The Balaban J connectivity index is 0.00000200. The third-order valence-corrected chi connectivity index (χ3v) is 3.59. The molecule has 1 unspecified atom stereocenters. The number of aromatic nitrogens is 1. The predicted octanol–water partition coefficient (Wildman–Crippen LogP) is 2.30. The second kappa shape index (κ2) is 8.04. The minimum absolute atomic E-state index is 0. The van der Waals surface area contributed by atoms with E-state index < -0.39 is 0 Å². The van der Waals surface area contributed by atoms with Gasteiger partial charge in [0.15, 0.2) is 10.8 Å². The Hall–Kier alpha value is -1.37. The zero-order valence-electron chi connectivity index (χ0n) is 11.4. The Labute approximate surface area is 128 Å². The van der Waals surface area contributed by atoms with Crippen LogP contribution in [0.5, 0.6) is 0 Å². The Bertz CT molecular complexity index is 527. The van der Waals surface area contributed by atoms with Crippen molar-refractivity contribution in [2.45, 2.75) is 13.5 Å². The van der Waals surface area contributed by atoms with Crippen LogP contribution < -0.4 is 10.6 Å². The summed E-state index contributed by atoms with van der Waals surface area (Å²) in [5, 5.41) is 8.62. The summed E-state index contributed by atoms with van der Waals surface area (Å²) in [7, 11) is 1.83. The van der Waals surface area contributed by atoms with Gasteiger partial charge in [0, 0.05) is 17.8 Å². The van der Waals surface area contributed by atoms with E-state index in [4.69, 9.17) is 4.42 Å². The van der Waals surface area contributed by atoms with Crippen molar-refractivity contribution in [2.75, 3.05) is 13.6 Å². The molecular weight excluding hydrogens is 298 g/mol. The van der Waals surface area contributed by atoms with E-state index in [9.17, 15) is 4.79 Å². The standard InChI is InChI=1S/C13H17N3O2S.ClH/c1-9(6-14-2)12(17)15-7-10-8-19-13(16-10)11-4-3-5-18-11;/h3-5,8-9,14H,6-7H2,1-2H3,(H,15,17);1H. The zero-order chi connectivity index (χ0) is 13.7. The van der Waals surface area contributed by atoms with Crippen molar-refractivity contribution in [2.24, 2.45) is 5.92 Å². The number of nitrogens with one attached hydrogen (secondary N) is 2. The minimum Gasteiger partial charge on any atom is -0.462 e. The molecule has 0 aliphatic heterocycles. The van der Waals surface area contributed by atoms with E-state index in [2.05, 4.69) is 15.6 Å². The van der Waals surface area contributed by atoms with E-state index in [1.807, 2.05) is 31.5 Å². The second-order valence-corrected chi connectivity index (χ2v) is 5.16. The number of hydrogen-bond donors (Lipinski definition) is 2. The summed E-state index contributed by atoms with van der Waals surface area (Å²) in [4.78, 5) is 16.2. The van der Waals surface area contributed by atoms with Crippen LogP contribution in [0.2, 0.25) is 0 Å². The summed E-state index contributed by atoms with van der Waals surface area (Å²) in [5.74, 6) is 0.737. The van der Waals surface area contributed by atoms with Crippen molar-refractivity contribution in [3.8, 4) is 10.8 Å². The molecule has 2 N–H and O–H groups in total. The van der Waals surface area contributed by atoms with Crippen molar-refractivity contribution in [3.05, 3.63) is 29.5 Å². The molecule has 2 rings (SSSR count). The van der Waals surface area contributed by atoms with Crippen LogP contribution >= 0.6 is 23.7 Å². The third-order valence-electron chi connectivity index (χ3n) is 2.69. The second-order valence-electron chi connectivity index (χ2n) is 4.30. The summed E-state index contributed by atoms with van der Waals surface area (Å²) < 4.78 is 5.28. The Morgan fingerprint density at radius 3 is 3.00 bits per heavy atom. The molecule has 20 heavy (non-hydrogen) atoms. The maximum atomic E-state index is 11.7. The van der Waals surface area contributed by atoms with Crippen molar-refractivity contribution in [3.63, 3.8) is 0 Å². The van der Waals surface area contributed by atoms with E-state index >= 15 is 0 Å². The van der Waals surface area contributed by atoms with E-state index in [0.717, 1.165) is 16.5 Å². The number of halogens is 1. The third kappa shape index (κ3) is 4.33. The molecule has 1 amide bonds. The first-order valence-corrected chi connectivity index (χ1v) is 6.99. The average Bonchev–Trinajstić information content (AvgIpc) is 3.06. The molecule has 0 aliphatic carbocycles. The van der Waals surface area contributed by atoms with Crippen molar-refractivity contribution in [1.29, 1.82) is 0 Å². The smallest absolute Gasteiger partial charge is 0.224 e. The summed E-state index contributed by atoms with van der Waals surface area (Å²) in [5.41, 5.74) is 0.849. The predicted molar refractivity (Wildman–Crippen MR) is 82.0 cm³/mol. The lowest BCUT2D eigenvalue weighted by atomic mass is 10.1. The lowest BCUT2D eigenvalue weighted by molar-refractivity contribution is -0.124. The molecule has 7 heteroatoms. The van der Waals surface area contributed by atoms with E-state index in [1.165, 1.54) is 11.3 Å². The van der Waals surface area contributed by atoms with Gasteiger partial charge in [0.25, 0.3) is 0 Å². The molecule has 0 aliphatic rings. The molecule has 0 fully saturated rings. The normalized spacial score (nSPS) is 11.7. The molecule has 1 atom stereocenters. The summed E-state index contributed by atoms with van der Waals surface area (Å²) >= 11 is 1.51. The molecule has 0 saturated heterocycles. The number of rotatable bonds is 6. The molecule has 0 radical (unpaired) electrons. The topological polar surface area (TPSA) is 67.2 Å². The first kappa shape index (κ1) is 16.7. The largest absolute Gasteiger partial charge is 0.462 e. The Kier molecular flexibility index (Phi) is 6.70. The van der Waals surface area contributed by atoms with Crippen molar-refractivity contribution in [1.82, 2.24) is 15.6 Å². The summed E-state index contributed by atoms with van der Waals surface area (Å²) in [6.07, 6.45) is 1.62. The molecule has 0 bridgehead atoms. The van der Waals surface area contributed by atoms with E-state index in [-0.39, 0.29) is 24.2 Å². The molecule has 2 aromatic rings. The van der Waals surface area contributed by atoms with Gasteiger partial charge >= 0.3 is 0 Å². The van der Waals surface area contributed by atoms with Gasteiger partial charge in [-0.05, 0) is 19.2 Å². The number of carbonyl (C=O) groups is 1. The van der Waals surface area contributed by atoms with Gasteiger partial charge < -0.3 is 15.1 Å². The highest BCUT2D eigenvalue weighted by Gasteiger charge is 2.12. The first-order valence-electron chi connectivity index (χ1n) is 6.11. The van der Waals surface area contributed by atoms with E-state index in [0.29, 0.717) is 13.1 Å². The number of thiazole rings is 1. The van der Waals surface area contributed by atoms with Gasteiger partial charge in [-0.3, -0.25) is 4.79 Å². The number of hydrogen-bond acceptors (Lipinski definition) is 5. The maximum Gasteiger partial charge on any atom is 0.224 e. The number of amides is 1. The van der Waals surface area contributed by atoms with Gasteiger partial charge in [0.2, 0.25) is 5.91 Å². The van der Waals surface area contributed by atoms with Crippen LogP contribution in [0.15, 0.2) is 28.2 Å². The quantitative estimate of drug-likeness (QED) is 0.858. The van der Waals surface area contributed by atoms with E-state index in [1.54, 1.807) is 6.26 Å². The van der Waals surface area contributed by atoms with Crippen LogP contribution in [0.25, 0.3) is 10.8 Å². The van der Waals surface area contributed by atoms with Gasteiger partial charge in [0.1, 0.15) is 0 Å². The molecule has 2 aromatic heterocycles. The zero-order valence-corrected chi connectivity index (χ0v) is 13.0. The summed E-state index contributed by atoms with van der Waals surface area (Å²) in [6, 6.07) is 3.70. The van der Waals surface area contributed by atoms with Crippen molar-refractivity contribution < 1.29 is 9.21 Å². The molecule has 5 nitrogen and oxygen atoms in total. The fourth-order valence-corrected chi connectivity index (χ4v) is 2.44. The van der Waals surface area contributed by atoms with Crippen LogP contribution in [0.1, 0.15) is 12.6 Å². The highest BCUT2D eigenvalue weighted by molar-refractivity contribution is 7.13. The fourth-order valence-electron chi connectivity index (χ4n) is 1.65. The van der Waals surface area contributed by atoms with Crippen molar-refractivity contribution >= 4 is 29.7 Å².